The molecule has 1 saturated carbocycles. The van der Waals surface area contributed by atoms with Crippen LogP contribution in [0.3, 0.4) is 0 Å². The van der Waals surface area contributed by atoms with Gasteiger partial charge in [-0.2, -0.15) is 0 Å². The van der Waals surface area contributed by atoms with Crippen molar-refractivity contribution in [1.82, 2.24) is 15.0 Å². The summed E-state index contributed by atoms with van der Waals surface area (Å²) in [7, 11) is 0. The van der Waals surface area contributed by atoms with Crippen molar-refractivity contribution in [3.63, 3.8) is 0 Å². The summed E-state index contributed by atoms with van der Waals surface area (Å²) in [6.07, 6.45) is 6.64. The predicted octanol–water partition coefficient (Wildman–Crippen LogP) is 4.58. The van der Waals surface area contributed by atoms with Crippen LogP contribution in [0.15, 0.2) is 42.7 Å². The molecular weight excluding hydrogens is 346 g/mol. The molecule has 0 amide bonds. The molecule has 3 aromatic heterocycles. The monoisotopic (exact) mass is 365 g/mol. The Hall–Kier alpha value is -2.15. The molecule has 0 spiro atoms. The first kappa shape index (κ1) is 16.1. The molecule has 3 aromatic rings. The molecule has 132 valence electrons. The van der Waals surface area contributed by atoms with E-state index in [0.29, 0.717) is 5.92 Å². The number of aromatic nitrogens is 3. The number of nitrogens with zero attached hydrogens (tertiary/aromatic N) is 3. The van der Waals surface area contributed by atoms with Gasteiger partial charge in [0.2, 0.25) is 6.29 Å². The molecule has 1 aliphatic carbocycles. The van der Waals surface area contributed by atoms with E-state index in [1.807, 2.05) is 24.4 Å². The minimum Gasteiger partial charge on any atom is -0.347 e. The zero-order valence-corrected chi connectivity index (χ0v) is 15.1. The van der Waals surface area contributed by atoms with E-state index in [4.69, 9.17) is 19.4 Å². The second-order valence-corrected chi connectivity index (χ2v) is 7.62. The molecule has 0 atom stereocenters. The Morgan fingerprint density at radius 2 is 1.88 bits per heavy atom. The molecule has 4 heterocycles. The van der Waals surface area contributed by atoms with Gasteiger partial charge in [-0.25, -0.2) is 9.97 Å². The summed E-state index contributed by atoms with van der Waals surface area (Å²) in [5.41, 5.74) is 4.01. The van der Waals surface area contributed by atoms with Crippen molar-refractivity contribution >= 4 is 11.3 Å². The van der Waals surface area contributed by atoms with Gasteiger partial charge in [-0.3, -0.25) is 4.98 Å². The van der Waals surface area contributed by atoms with Crippen molar-refractivity contribution in [3.8, 4) is 21.1 Å². The molecule has 6 heteroatoms. The molecule has 0 radical (unpaired) electrons. The molecule has 26 heavy (non-hydrogen) atoms. The molecule has 1 aliphatic heterocycles. The van der Waals surface area contributed by atoms with Crippen LogP contribution < -0.4 is 0 Å². The van der Waals surface area contributed by atoms with Gasteiger partial charge in [0.25, 0.3) is 0 Å². The van der Waals surface area contributed by atoms with E-state index < -0.39 is 0 Å². The van der Waals surface area contributed by atoms with Crippen LogP contribution in [0.25, 0.3) is 21.1 Å². The smallest absolute Gasteiger partial charge is 0.201 e. The van der Waals surface area contributed by atoms with Gasteiger partial charge in [-0.1, -0.05) is 6.07 Å². The SMILES string of the molecule is c1cncc(-c2nc(C3CC3)c(-c3cccc(C4OCCCO4)n3)s2)c1. The summed E-state index contributed by atoms with van der Waals surface area (Å²) in [5, 5.41) is 1.01. The second-order valence-electron chi connectivity index (χ2n) is 6.62. The number of rotatable bonds is 4. The van der Waals surface area contributed by atoms with Crippen LogP contribution in [0.4, 0.5) is 0 Å². The van der Waals surface area contributed by atoms with Crippen LogP contribution in [-0.4, -0.2) is 28.2 Å². The van der Waals surface area contributed by atoms with Crippen LogP contribution in [0.1, 0.15) is 42.9 Å². The number of pyridine rings is 2. The Labute approximate surface area is 156 Å². The van der Waals surface area contributed by atoms with Gasteiger partial charge < -0.3 is 9.47 Å². The molecule has 0 unspecified atom stereocenters. The van der Waals surface area contributed by atoms with Crippen LogP contribution in [0.2, 0.25) is 0 Å². The summed E-state index contributed by atoms with van der Waals surface area (Å²) >= 11 is 1.69. The lowest BCUT2D eigenvalue weighted by Crippen LogP contribution is -2.18. The largest absolute Gasteiger partial charge is 0.347 e. The number of hydrogen-bond donors (Lipinski definition) is 0. The zero-order valence-electron chi connectivity index (χ0n) is 14.3. The summed E-state index contributed by atoms with van der Waals surface area (Å²) < 4.78 is 11.4. The Morgan fingerprint density at radius 3 is 2.65 bits per heavy atom. The molecule has 5 rings (SSSR count). The lowest BCUT2D eigenvalue weighted by Gasteiger charge is -2.22. The van der Waals surface area contributed by atoms with E-state index in [-0.39, 0.29) is 6.29 Å². The molecule has 0 bridgehead atoms. The Bertz CT molecular complexity index is 902. The number of ether oxygens (including phenoxy) is 2. The fourth-order valence-corrected chi connectivity index (χ4v) is 4.24. The average molecular weight is 365 g/mol. The molecule has 0 aromatic carbocycles. The van der Waals surface area contributed by atoms with Crippen molar-refractivity contribution in [3.05, 3.63) is 54.1 Å². The maximum absolute atomic E-state index is 5.71. The third-order valence-corrected chi connectivity index (χ3v) is 5.74. The highest BCUT2D eigenvalue weighted by atomic mass is 32.1. The first-order valence-corrected chi connectivity index (χ1v) is 9.82. The quantitative estimate of drug-likeness (QED) is 0.677. The van der Waals surface area contributed by atoms with Gasteiger partial charge in [-0.05, 0) is 43.5 Å². The van der Waals surface area contributed by atoms with Crippen LogP contribution in [0, 0.1) is 0 Å². The maximum atomic E-state index is 5.71. The van der Waals surface area contributed by atoms with Crippen molar-refractivity contribution in [2.24, 2.45) is 0 Å². The van der Waals surface area contributed by atoms with Crippen molar-refractivity contribution in [1.29, 1.82) is 0 Å². The van der Waals surface area contributed by atoms with Gasteiger partial charge in [-0.15, -0.1) is 11.3 Å². The standard InChI is InChI=1S/C20H19N3O2S/c1-5-15(22-16(6-1)20-24-10-3-11-25-20)18-17(13-7-8-13)23-19(26-18)14-4-2-9-21-12-14/h1-2,4-6,9,12-13,20H,3,7-8,10-11H2. The topological polar surface area (TPSA) is 57.1 Å². The third kappa shape index (κ3) is 3.16. The molecule has 2 fully saturated rings. The van der Waals surface area contributed by atoms with E-state index in [9.17, 15) is 0 Å². The van der Waals surface area contributed by atoms with Gasteiger partial charge in [0.05, 0.1) is 35.2 Å². The second kappa shape index (κ2) is 6.87. The Kier molecular flexibility index (Phi) is 4.24. The maximum Gasteiger partial charge on any atom is 0.201 e. The van der Waals surface area contributed by atoms with Crippen LogP contribution in [-0.2, 0) is 9.47 Å². The van der Waals surface area contributed by atoms with Gasteiger partial charge in [0, 0.05) is 23.9 Å². The van der Waals surface area contributed by atoms with Crippen LogP contribution in [0.5, 0.6) is 0 Å². The van der Waals surface area contributed by atoms with Gasteiger partial charge in [0.15, 0.2) is 0 Å². The van der Waals surface area contributed by atoms with E-state index in [2.05, 4.69) is 17.1 Å². The fraction of sp³-hybridized carbons (Fsp3) is 0.350. The highest BCUT2D eigenvalue weighted by Gasteiger charge is 2.31. The third-order valence-electron chi connectivity index (χ3n) is 4.60. The van der Waals surface area contributed by atoms with Crippen molar-refractivity contribution in [2.75, 3.05) is 13.2 Å². The van der Waals surface area contributed by atoms with E-state index >= 15 is 0 Å². The first-order valence-electron chi connectivity index (χ1n) is 9.00. The summed E-state index contributed by atoms with van der Waals surface area (Å²) in [6, 6.07) is 10.1. The van der Waals surface area contributed by atoms with E-state index in [1.165, 1.54) is 18.5 Å². The van der Waals surface area contributed by atoms with E-state index in [1.54, 1.807) is 17.5 Å². The van der Waals surface area contributed by atoms with Crippen LogP contribution >= 0.6 is 11.3 Å². The Balaban J connectivity index is 1.54. The average Bonchev–Trinajstić information content (AvgIpc) is 3.47. The molecular formula is C20H19N3O2S. The predicted molar refractivity (Wildman–Crippen MR) is 99.8 cm³/mol. The molecule has 1 saturated heterocycles. The molecule has 2 aliphatic rings. The lowest BCUT2D eigenvalue weighted by molar-refractivity contribution is -0.185. The molecule has 0 N–H and O–H groups in total. The number of hydrogen-bond acceptors (Lipinski definition) is 6. The summed E-state index contributed by atoms with van der Waals surface area (Å²) in [4.78, 5) is 15.2. The minimum atomic E-state index is -0.362. The highest BCUT2D eigenvalue weighted by Crippen LogP contribution is 2.47. The molecule has 5 nitrogen and oxygen atoms in total. The Morgan fingerprint density at radius 1 is 1.00 bits per heavy atom. The summed E-state index contributed by atoms with van der Waals surface area (Å²) in [6.45, 7) is 1.44. The van der Waals surface area contributed by atoms with E-state index in [0.717, 1.165) is 46.5 Å². The normalized spacial score (nSPS) is 18.2. The highest BCUT2D eigenvalue weighted by molar-refractivity contribution is 7.18. The van der Waals surface area contributed by atoms with Crippen molar-refractivity contribution < 1.29 is 9.47 Å². The number of thiazole rings is 1. The zero-order chi connectivity index (χ0) is 17.3. The lowest BCUT2D eigenvalue weighted by atomic mass is 10.2. The summed E-state index contributed by atoms with van der Waals surface area (Å²) in [5.74, 6) is 0.555. The van der Waals surface area contributed by atoms with Gasteiger partial charge >= 0.3 is 0 Å². The fourth-order valence-electron chi connectivity index (χ4n) is 3.13. The van der Waals surface area contributed by atoms with Gasteiger partial charge in [0.1, 0.15) is 5.01 Å². The first-order chi connectivity index (χ1) is 12.9. The van der Waals surface area contributed by atoms with Crippen molar-refractivity contribution in [2.45, 2.75) is 31.5 Å². The minimum absolute atomic E-state index is 0.362.